The lowest BCUT2D eigenvalue weighted by molar-refractivity contribution is 0.0955. The van der Waals surface area contributed by atoms with Gasteiger partial charge < -0.3 is 5.32 Å². The minimum absolute atomic E-state index is 0.159. The van der Waals surface area contributed by atoms with E-state index in [1.165, 1.54) is 23.5 Å². The fraction of sp³-hybridized carbons (Fsp3) is 0.267. The first-order chi connectivity index (χ1) is 9.47. The van der Waals surface area contributed by atoms with Crippen molar-refractivity contribution in [2.75, 3.05) is 0 Å². The first-order valence-electron chi connectivity index (χ1n) is 6.29. The molecule has 1 aromatic heterocycles. The molecule has 0 aliphatic rings. The summed E-state index contributed by atoms with van der Waals surface area (Å²) in [5.41, 5.74) is 0.853. The maximum absolute atomic E-state index is 12.8. The van der Waals surface area contributed by atoms with E-state index >= 15 is 0 Å². The van der Waals surface area contributed by atoms with Crippen LogP contribution in [0.5, 0.6) is 0 Å². The van der Waals surface area contributed by atoms with Gasteiger partial charge in [0, 0.05) is 11.4 Å². The topological polar surface area (TPSA) is 29.1 Å². The Balaban J connectivity index is 2.01. The number of hydrogen-bond donors (Lipinski definition) is 1. The lowest BCUT2D eigenvalue weighted by Gasteiger charge is -2.04. The molecule has 106 valence electrons. The largest absolute Gasteiger partial charge is 0.347 e. The van der Waals surface area contributed by atoms with Crippen LogP contribution in [0.25, 0.3) is 0 Å². The first kappa shape index (κ1) is 15.0. The minimum Gasteiger partial charge on any atom is -0.347 e. The van der Waals surface area contributed by atoms with Crippen LogP contribution in [0.15, 0.2) is 30.3 Å². The summed E-state index contributed by atoms with van der Waals surface area (Å²) < 4.78 is 12.8. The van der Waals surface area contributed by atoms with Crippen LogP contribution in [0.3, 0.4) is 0 Å². The Morgan fingerprint density at radius 2 is 2.00 bits per heavy atom. The van der Waals surface area contributed by atoms with Crippen molar-refractivity contribution in [3.05, 3.63) is 56.5 Å². The zero-order valence-electron chi connectivity index (χ0n) is 11.2. The summed E-state index contributed by atoms with van der Waals surface area (Å²) in [7, 11) is 0. The molecule has 0 radical (unpaired) electrons. The van der Waals surface area contributed by atoms with E-state index in [2.05, 4.69) is 5.32 Å². The average Bonchev–Trinajstić information content (AvgIpc) is 2.80. The van der Waals surface area contributed by atoms with E-state index in [9.17, 15) is 9.18 Å². The third-order valence-electron chi connectivity index (χ3n) is 2.83. The van der Waals surface area contributed by atoms with Crippen molar-refractivity contribution in [3.8, 4) is 0 Å². The molecule has 1 aromatic carbocycles. The predicted octanol–water partition coefficient (Wildman–Crippen LogP) is 4.59. The van der Waals surface area contributed by atoms with Gasteiger partial charge in [-0.05, 0) is 29.7 Å². The van der Waals surface area contributed by atoms with Gasteiger partial charge >= 0.3 is 0 Å². The van der Waals surface area contributed by atoms with Crippen molar-refractivity contribution in [2.45, 2.75) is 26.3 Å². The second-order valence-corrected chi connectivity index (χ2v) is 6.28. The van der Waals surface area contributed by atoms with Crippen LogP contribution >= 0.6 is 22.9 Å². The molecule has 1 N–H and O–H groups in total. The van der Waals surface area contributed by atoms with E-state index in [-0.39, 0.29) is 11.7 Å². The van der Waals surface area contributed by atoms with E-state index in [1.807, 2.05) is 13.8 Å². The highest BCUT2D eigenvalue weighted by Gasteiger charge is 2.15. The first-order valence-corrected chi connectivity index (χ1v) is 7.48. The molecule has 0 spiro atoms. The quantitative estimate of drug-likeness (QED) is 0.879. The van der Waals surface area contributed by atoms with Crippen molar-refractivity contribution in [1.29, 1.82) is 0 Å². The van der Waals surface area contributed by atoms with Crippen molar-refractivity contribution < 1.29 is 9.18 Å². The predicted molar refractivity (Wildman–Crippen MR) is 81.0 cm³/mol. The third kappa shape index (κ3) is 3.58. The molecule has 0 saturated heterocycles. The van der Waals surface area contributed by atoms with Crippen LogP contribution in [0.4, 0.5) is 4.39 Å². The minimum atomic E-state index is -0.285. The van der Waals surface area contributed by atoms with Gasteiger partial charge in [-0.15, -0.1) is 11.3 Å². The zero-order chi connectivity index (χ0) is 14.7. The summed E-state index contributed by atoms with van der Waals surface area (Å²) in [4.78, 5) is 13.7. The number of halogens is 2. The molecule has 0 atom stereocenters. The van der Waals surface area contributed by atoms with Crippen LogP contribution in [0.1, 0.15) is 39.9 Å². The van der Waals surface area contributed by atoms with E-state index in [0.717, 1.165) is 10.4 Å². The molecule has 1 amide bonds. The number of thiophene rings is 1. The number of amides is 1. The highest BCUT2D eigenvalue weighted by Crippen LogP contribution is 2.32. The number of nitrogens with one attached hydrogen (secondary N) is 1. The van der Waals surface area contributed by atoms with Crippen LogP contribution in [-0.2, 0) is 6.54 Å². The average molecular weight is 312 g/mol. The summed E-state index contributed by atoms with van der Waals surface area (Å²) >= 11 is 7.52. The molecule has 2 nitrogen and oxygen atoms in total. The molecule has 0 saturated carbocycles. The lowest BCUT2D eigenvalue weighted by atomic mass is 10.2. The van der Waals surface area contributed by atoms with Gasteiger partial charge in [0.1, 0.15) is 5.82 Å². The SMILES string of the molecule is CC(C)c1sc(C(=O)NCc2ccc(F)cc2)cc1Cl. The van der Waals surface area contributed by atoms with Crippen molar-refractivity contribution in [1.82, 2.24) is 5.32 Å². The van der Waals surface area contributed by atoms with E-state index in [1.54, 1.807) is 18.2 Å². The monoisotopic (exact) mass is 311 g/mol. The second kappa shape index (κ2) is 6.37. The van der Waals surface area contributed by atoms with Crippen LogP contribution in [-0.4, -0.2) is 5.91 Å². The molecular formula is C15H15ClFNOS. The smallest absolute Gasteiger partial charge is 0.261 e. The Morgan fingerprint density at radius 3 is 2.55 bits per heavy atom. The van der Waals surface area contributed by atoms with Crippen molar-refractivity contribution >= 4 is 28.8 Å². The standard InChI is InChI=1S/C15H15ClFNOS/c1-9(2)14-12(16)7-13(20-14)15(19)18-8-10-3-5-11(17)6-4-10/h3-7,9H,8H2,1-2H3,(H,18,19). The van der Waals surface area contributed by atoms with Crippen LogP contribution in [0.2, 0.25) is 5.02 Å². The number of benzene rings is 1. The van der Waals surface area contributed by atoms with E-state index in [0.29, 0.717) is 22.4 Å². The summed E-state index contributed by atoms with van der Waals surface area (Å²) in [6, 6.07) is 7.75. The highest BCUT2D eigenvalue weighted by molar-refractivity contribution is 7.14. The Labute approximate surface area is 126 Å². The zero-order valence-corrected chi connectivity index (χ0v) is 12.8. The Bertz CT molecular complexity index is 607. The maximum atomic E-state index is 12.8. The molecule has 0 aliphatic heterocycles. The van der Waals surface area contributed by atoms with Crippen LogP contribution < -0.4 is 5.32 Å². The van der Waals surface area contributed by atoms with Crippen LogP contribution in [0, 0.1) is 5.82 Å². The molecule has 20 heavy (non-hydrogen) atoms. The van der Waals surface area contributed by atoms with Gasteiger partial charge in [0.25, 0.3) is 5.91 Å². The van der Waals surface area contributed by atoms with Gasteiger partial charge in [0.05, 0.1) is 9.90 Å². The number of hydrogen-bond acceptors (Lipinski definition) is 2. The Kier molecular flexibility index (Phi) is 4.78. The molecule has 2 aromatic rings. The molecule has 0 fully saturated rings. The number of carbonyl (C=O) groups is 1. The van der Waals surface area contributed by atoms with Gasteiger partial charge in [-0.2, -0.15) is 0 Å². The third-order valence-corrected chi connectivity index (χ3v) is 4.69. The molecule has 2 rings (SSSR count). The molecule has 5 heteroatoms. The summed E-state index contributed by atoms with van der Waals surface area (Å²) in [6.45, 7) is 4.45. The Hall–Kier alpha value is -1.39. The number of rotatable bonds is 4. The van der Waals surface area contributed by atoms with Gasteiger partial charge in [0.2, 0.25) is 0 Å². The van der Waals surface area contributed by atoms with Gasteiger partial charge in [0.15, 0.2) is 0 Å². The molecule has 0 unspecified atom stereocenters. The maximum Gasteiger partial charge on any atom is 0.261 e. The molecular weight excluding hydrogens is 297 g/mol. The van der Waals surface area contributed by atoms with E-state index < -0.39 is 0 Å². The van der Waals surface area contributed by atoms with Crippen molar-refractivity contribution in [2.24, 2.45) is 0 Å². The fourth-order valence-corrected chi connectivity index (χ4v) is 3.24. The normalized spacial score (nSPS) is 10.8. The summed E-state index contributed by atoms with van der Waals surface area (Å²) in [6.07, 6.45) is 0. The van der Waals surface area contributed by atoms with Gasteiger partial charge in [-0.3, -0.25) is 4.79 Å². The molecule has 0 bridgehead atoms. The lowest BCUT2D eigenvalue weighted by Crippen LogP contribution is -2.21. The van der Waals surface area contributed by atoms with Gasteiger partial charge in [-0.1, -0.05) is 37.6 Å². The highest BCUT2D eigenvalue weighted by atomic mass is 35.5. The summed E-state index contributed by atoms with van der Waals surface area (Å²) in [5, 5.41) is 3.44. The second-order valence-electron chi connectivity index (χ2n) is 4.79. The van der Waals surface area contributed by atoms with Crippen molar-refractivity contribution in [3.63, 3.8) is 0 Å². The molecule has 1 heterocycles. The molecule has 0 aliphatic carbocycles. The summed E-state index contributed by atoms with van der Waals surface area (Å²) in [5.74, 6) is -0.147. The van der Waals surface area contributed by atoms with E-state index in [4.69, 9.17) is 11.6 Å². The number of carbonyl (C=O) groups excluding carboxylic acids is 1. The Morgan fingerprint density at radius 1 is 1.35 bits per heavy atom. The van der Waals surface area contributed by atoms with Gasteiger partial charge in [-0.25, -0.2) is 4.39 Å². The fourth-order valence-electron chi connectivity index (χ4n) is 1.76.